The molecule has 0 aromatic rings. The van der Waals surface area contributed by atoms with Gasteiger partial charge < -0.3 is 19.3 Å². The fourth-order valence-corrected chi connectivity index (χ4v) is 3.30. The molecule has 1 saturated heterocycles. The molecule has 1 N–H and O–H groups in total. The van der Waals surface area contributed by atoms with Crippen LogP contribution < -0.4 is 0 Å². The molecule has 4 atom stereocenters. The van der Waals surface area contributed by atoms with Gasteiger partial charge in [-0.05, 0) is 24.1 Å². The Morgan fingerprint density at radius 2 is 2.00 bits per heavy atom. The molecule has 0 unspecified atom stereocenters. The zero-order chi connectivity index (χ0) is 22.4. The van der Waals surface area contributed by atoms with Crippen molar-refractivity contribution in [3.63, 3.8) is 0 Å². The van der Waals surface area contributed by atoms with Crippen molar-refractivity contribution in [1.29, 1.82) is 0 Å². The highest BCUT2D eigenvalue weighted by molar-refractivity contribution is 5.98. The second-order valence-electron chi connectivity index (χ2n) is 7.57. The van der Waals surface area contributed by atoms with Gasteiger partial charge in [-0.2, -0.15) is 0 Å². The van der Waals surface area contributed by atoms with Gasteiger partial charge in [-0.15, -0.1) is 0 Å². The van der Waals surface area contributed by atoms with Crippen molar-refractivity contribution >= 4 is 23.7 Å². The monoisotopic (exact) mass is 420 g/mol. The van der Waals surface area contributed by atoms with Crippen molar-refractivity contribution < 1.29 is 38.5 Å². The largest absolute Gasteiger partial charge is 0.461 e. The lowest BCUT2D eigenvalue weighted by Crippen LogP contribution is -2.26. The minimum Gasteiger partial charge on any atom is -0.461 e. The van der Waals surface area contributed by atoms with Gasteiger partial charge >= 0.3 is 17.9 Å². The average molecular weight is 420 g/mol. The lowest BCUT2D eigenvalue weighted by atomic mass is 9.86. The number of ether oxygens (including phenoxy) is 3. The third-order valence-corrected chi connectivity index (χ3v) is 5.27. The number of hydrogen-bond donors (Lipinski definition) is 1. The Bertz CT molecular complexity index is 791. The summed E-state index contributed by atoms with van der Waals surface area (Å²) in [6.45, 7) is 7.97. The van der Waals surface area contributed by atoms with E-state index < -0.39 is 36.7 Å². The van der Waals surface area contributed by atoms with E-state index in [1.165, 1.54) is 13.0 Å². The fraction of sp³-hybridized carbons (Fsp3) is 0.545. The summed E-state index contributed by atoms with van der Waals surface area (Å²) in [7, 11) is 0. The minimum absolute atomic E-state index is 0.0741. The molecule has 0 bridgehead atoms. The van der Waals surface area contributed by atoms with Crippen LogP contribution in [0.5, 0.6) is 0 Å². The smallest absolute Gasteiger partial charge is 0.334 e. The number of rotatable bonds is 6. The Morgan fingerprint density at radius 3 is 2.60 bits per heavy atom. The van der Waals surface area contributed by atoms with Gasteiger partial charge in [0, 0.05) is 36.8 Å². The van der Waals surface area contributed by atoms with Crippen molar-refractivity contribution in [2.24, 2.45) is 11.8 Å². The van der Waals surface area contributed by atoms with E-state index in [4.69, 9.17) is 14.2 Å². The molecule has 1 aliphatic heterocycles. The maximum absolute atomic E-state index is 12.6. The third-order valence-electron chi connectivity index (χ3n) is 5.27. The highest BCUT2D eigenvalue weighted by atomic mass is 16.6. The van der Waals surface area contributed by atoms with Gasteiger partial charge in [0.2, 0.25) is 0 Å². The van der Waals surface area contributed by atoms with Crippen LogP contribution in [0.25, 0.3) is 0 Å². The lowest BCUT2D eigenvalue weighted by molar-refractivity contribution is -0.148. The van der Waals surface area contributed by atoms with Crippen LogP contribution in [-0.4, -0.2) is 54.2 Å². The molecule has 0 spiro atoms. The summed E-state index contributed by atoms with van der Waals surface area (Å²) in [5, 5.41) is 9.65. The Morgan fingerprint density at radius 1 is 1.30 bits per heavy atom. The molecule has 0 radical (unpaired) electrons. The standard InChI is InChI=1S/C22H28O8/c1-5-12(2)21(26)28-11-15-6-17(29-14(4)24)8-16(10-23)19(25)9-18-13(3)22(27)30-20(18)7-15/h7-8,12,17-18,20,23H,3,5-6,9-11H2,1-2,4H3/b15-7+,16-8-/t12-,17-,18-,20+/m0/s1. The molecule has 1 fully saturated rings. The van der Waals surface area contributed by atoms with E-state index in [9.17, 15) is 24.3 Å². The molecule has 2 aliphatic rings. The number of aliphatic hydroxyl groups is 1. The van der Waals surface area contributed by atoms with Crippen LogP contribution in [0.1, 0.15) is 40.0 Å². The SMILES string of the molecule is C=C1C(=O)O[C@@H]2/C=C(/COC(=O)[C@@H](C)CC)C[C@H](OC(C)=O)/C=C(/CO)C(=O)C[C@@H]12. The van der Waals surface area contributed by atoms with E-state index in [-0.39, 0.29) is 48.3 Å². The first-order valence-corrected chi connectivity index (χ1v) is 9.94. The molecular formula is C22H28O8. The summed E-state index contributed by atoms with van der Waals surface area (Å²) >= 11 is 0. The summed E-state index contributed by atoms with van der Waals surface area (Å²) in [6.07, 6.45) is 2.06. The second-order valence-corrected chi connectivity index (χ2v) is 7.57. The van der Waals surface area contributed by atoms with E-state index in [1.54, 1.807) is 13.0 Å². The zero-order valence-corrected chi connectivity index (χ0v) is 17.5. The number of esters is 3. The molecule has 0 amide bonds. The molecule has 1 aliphatic carbocycles. The number of aliphatic hydroxyl groups excluding tert-OH is 1. The van der Waals surface area contributed by atoms with Crippen molar-refractivity contribution in [2.75, 3.05) is 13.2 Å². The van der Waals surface area contributed by atoms with Crippen LogP contribution in [0.2, 0.25) is 0 Å². The van der Waals surface area contributed by atoms with Crippen molar-refractivity contribution in [1.82, 2.24) is 0 Å². The molecule has 1 heterocycles. The third kappa shape index (κ3) is 5.89. The summed E-state index contributed by atoms with van der Waals surface area (Å²) in [6, 6.07) is 0. The number of hydrogen-bond acceptors (Lipinski definition) is 8. The van der Waals surface area contributed by atoms with Crippen LogP contribution in [0.15, 0.2) is 35.5 Å². The summed E-state index contributed by atoms with van der Waals surface area (Å²) in [5.41, 5.74) is 0.818. The highest BCUT2D eigenvalue weighted by Gasteiger charge is 2.40. The van der Waals surface area contributed by atoms with Gasteiger partial charge in [0.25, 0.3) is 0 Å². The number of Topliss-reactive ketones (excluding diaryl/α,β-unsaturated/α-hetero) is 1. The summed E-state index contributed by atoms with van der Waals surface area (Å²) in [4.78, 5) is 48.3. The Hall–Kier alpha value is -2.74. The van der Waals surface area contributed by atoms with Gasteiger partial charge in [-0.25, -0.2) is 4.79 Å². The Balaban J connectivity index is 2.39. The first-order chi connectivity index (χ1) is 14.2. The Labute approximate surface area is 175 Å². The van der Waals surface area contributed by atoms with E-state index >= 15 is 0 Å². The van der Waals surface area contributed by atoms with Crippen molar-refractivity contribution in [3.8, 4) is 0 Å². The molecule has 2 rings (SSSR count). The first-order valence-electron chi connectivity index (χ1n) is 9.94. The van der Waals surface area contributed by atoms with Gasteiger partial charge in [0.05, 0.1) is 12.5 Å². The summed E-state index contributed by atoms with van der Waals surface area (Å²) in [5.74, 6) is -2.78. The molecule has 0 aromatic heterocycles. The van der Waals surface area contributed by atoms with E-state index in [0.29, 0.717) is 12.0 Å². The molecular weight excluding hydrogens is 392 g/mol. The molecule has 0 saturated carbocycles. The van der Waals surface area contributed by atoms with Crippen molar-refractivity contribution in [2.45, 2.75) is 52.2 Å². The quantitative estimate of drug-likeness (QED) is 0.299. The maximum atomic E-state index is 12.6. The van der Waals surface area contributed by atoms with Gasteiger partial charge in [0.1, 0.15) is 18.8 Å². The first kappa shape index (κ1) is 23.5. The van der Waals surface area contributed by atoms with Gasteiger partial charge in [0.15, 0.2) is 5.78 Å². The molecule has 8 heteroatoms. The number of fused-ring (bicyclic) bond motifs is 1. The van der Waals surface area contributed by atoms with Crippen LogP contribution in [-0.2, 0) is 33.4 Å². The van der Waals surface area contributed by atoms with Crippen molar-refractivity contribution in [3.05, 3.63) is 35.5 Å². The Kier molecular flexibility index (Phi) is 8.11. The van der Waals surface area contributed by atoms with E-state index in [2.05, 4.69) is 6.58 Å². The lowest BCUT2D eigenvalue weighted by Gasteiger charge is -2.22. The van der Waals surface area contributed by atoms with E-state index in [0.717, 1.165) is 0 Å². The number of carbonyl (C=O) groups excluding carboxylic acids is 4. The summed E-state index contributed by atoms with van der Waals surface area (Å²) < 4.78 is 16.0. The van der Waals surface area contributed by atoms with Crippen LogP contribution in [0.4, 0.5) is 0 Å². The predicted molar refractivity (Wildman–Crippen MR) is 106 cm³/mol. The topological polar surface area (TPSA) is 116 Å². The average Bonchev–Trinajstić information content (AvgIpc) is 2.95. The van der Waals surface area contributed by atoms with Crippen LogP contribution in [0, 0.1) is 11.8 Å². The highest BCUT2D eigenvalue weighted by Crippen LogP contribution is 2.33. The number of ketones is 1. The normalized spacial score (nSPS) is 28.9. The predicted octanol–water partition coefficient (Wildman–Crippen LogP) is 1.81. The molecule has 30 heavy (non-hydrogen) atoms. The minimum atomic E-state index is -0.848. The fourth-order valence-electron chi connectivity index (χ4n) is 3.30. The zero-order valence-electron chi connectivity index (χ0n) is 17.5. The van der Waals surface area contributed by atoms with E-state index in [1.807, 2.05) is 6.92 Å². The van der Waals surface area contributed by atoms with Crippen LogP contribution >= 0.6 is 0 Å². The molecule has 8 nitrogen and oxygen atoms in total. The van der Waals surface area contributed by atoms with Gasteiger partial charge in [-0.1, -0.05) is 20.4 Å². The second kappa shape index (κ2) is 10.3. The van der Waals surface area contributed by atoms with Crippen LogP contribution in [0.3, 0.4) is 0 Å². The maximum Gasteiger partial charge on any atom is 0.334 e. The molecule has 0 aromatic carbocycles. The van der Waals surface area contributed by atoms with Gasteiger partial charge in [-0.3, -0.25) is 14.4 Å². The number of carbonyl (C=O) groups is 4. The molecule has 164 valence electrons.